The Balaban J connectivity index is 1.37. The van der Waals surface area contributed by atoms with E-state index >= 15 is 0 Å². The van der Waals surface area contributed by atoms with Crippen LogP contribution >= 0.6 is 0 Å². The number of rotatable bonds is 5. The monoisotopic (exact) mass is 354 g/mol. The third-order valence-corrected chi connectivity index (χ3v) is 4.08. The minimum Gasteiger partial charge on any atom is -0.486 e. The van der Waals surface area contributed by atoms with E-state index in [-0.39, 0.29) is 18.6 Å². The van der Waals surface area contributed by atoms with Crippen molar-refractivity contribution in [1.82, 2.24) is 20.5 Å². The summed E-state index contributed by atoms with van der Waals surface area (Å²) in [6, 6.07) is 12.8. The lowest BCUT2D eigenvalue weighted by atomic mass is 10.1. The van der Waals surface area contributed by atoms with Gasteiger partial charge in [-0.05, 0) is 42.0 Å². The number of hydrogen-bond acceptors (Lipinski definition) is 6. The van der Waals surface area contributed by atoms with Crippen molar-refractivity contribution in [2.75, 3.05) is 19.8 Å². The van der Waals surface area contributed by atoms with Crippen LogP contribution in [0.15, 0.2) is 42.5 Å². The Bertz CT molecular complexity index is 940. The highest BCUT2D eigenvalue weighted by molar-refractivity contribution is 5.78. The third kappa shape index (κ3) is 3.26. The summed E-state index contributed by atoms with van der Waals surface area (Å²) in [5, 5.41) is 10.8. The van der Waals surface area contributed by atoms with E-state index in [0.29, 0.717) is 30.0 Å². The Morgan fingerprint density at radius 1 is 1.23 bits per heavy atom. The summed E-state index contributed by atoms with van der Waals surface area (Å²) in [6.45, 7) is 2.81. The van der Waals surface area contributed by atoms with Crippen LogP contribution in [-0.4, -0.2) is 40.9 Å². The van der Waals surface area contributed by atoms with Gasteiger partial charge in [0.15, 0.2) is 18.1 Å². The maximum absolute atomic E-state index is 12.2. The molecule has 2 heterocycles. The predicted octanol–water partition coefficient (Wildman–Crippen LogP) is 1.51. The van der Waals surface area contributed by atoms with Crippen LogP contribution in [0.25, 0.3) is 11.0 Å². The van der Waals surface area contributed by atoms with Gasteiger partial charge in [0, 0.05) is 0 Å². The quantitative estimate of drug-likeness (QED) is 0.747. The smallest absolute Gasteiger partial charge is 0.261 e. The Labute approximate surface area is 149 Å². The number of para-hydroxylation sites is 1. The first-order chi connectivity index (χ1) is 12.7. The van der Waals surface area contributed by atoms with Crippen LogP contribution in [0.3, 0.4) is 0 Å². The zero-order chi connectivity index (χ0) is 17.9. The lowest BCUT2D eigenvalue weighted by molar-refractivity contribution is -0.127. The molecule has 0 aliphatic carbocycles. The first-order valence-electron chi connectivity index (χ1n) is 8.33. The van der Waals surface area contributed by atoms with E-state index in [2.05, 4.69) is 15.6 Å². The molecule has 0 saturated heterocycles. The molecule has 8 heteroatoms. The molecule has 0 saturated carbocycles. The lowest BCUT2D eigenvalue weighted by Gasteiger charge is -2.21. The number of ether oxygens (including phenoxy) is 2. The predicted molar refractivity (Wildman–Crippen MR) is 93.0 cm³/mol. The number of carbonyl (C=O) groups excluding carboxylic acids is 1. The molecule has 1 aliphatic heterocycles. The molecule has 0 fully saturated rings. The molecule has 134 valence electrons. The summed E-state index contributed by atoms with van der Waals surface area (Å²) in [5.41, 5.74) is 2.34. The molecular formula is C18H18N4O4. The summed E-state index contributed by atoms with van der Waals surface area (Å²) in [5.74, 6) is 1.16. The van der Waals surface area contributed by atoms with Gasteiger partial charge in [-0.15, -0.1) is 5.10 Å². The molecule has 1 unspecified atom stereocenters. The van der Waals surface area contributed by atoms with Gasteiger partial charge in [0.2, 0.25) is 0 Å². The molecule has 0 radical (unpaired) electrons. The van der Waals surface area contributed by atoms with Crippen molar-refractivity contribution in [3.8, 4) is 11.5 Å². The maximum atomic E-state index is 12.2. The standard InChI is InChI=1S/C18H18N4O4/c1-12(13-6-7-16-17(10-13)25-9-8-24-16)19-18(23)11-26-22-15-5-3-2-4-14(15)20-21-22/h2-7,10,12H,8-9,11H2,1H3,(H,19,23). The molecule has 1 N–H and O–H groups in total. The molecule has 3 aromatic rings. The fourth-order valence-electron chi connectivity index (χ4n) is 2.76. The zero-order valence-electron chi connectivity index (χ0n) is 14.2. The number of carbonyl (C=O) groups is 1. The summed E-state index contributed by atoms with van der Waals surface area (Å²) >= 11 is 0. The molecule has 26 heavy (non-hydrogen) atoms. The van der Waals surface area contributed by atoms with Gasteiger partial charge in [0.1, 0.15) is 24.2 Å². The SMILES string of the molecule is CC(NC(=O)COn1nnc2ccccc21)c1ccc2c(c1)OCCO2. The molecule has 1 atom stereocenters. The number of nitrogens with one attached hydrogen (secondary N) is 1. The van der Waals surface area contributed by atoms with Gasteiger partial charge in [0.25, 0.3) is 5.91 Å². The number of aromatic nitrogens is 3. The first-order valence-corrected chi connectivity index (χ1v) is 8.33. The summed E-state index contributed by atoms with van der Waals surface area (Å²) in [7, 11) is 0. The van der Waals surface area contributed by atoms with Crippen molar-refractivity contribution in [3.63, 3.8) is 0 Å². The number of hydrogen-bond donors (Lipinski definition) is 1. The van der Waals surface area contributed by atoms with Crippen molar-refractivity contribution < 1.29 is 19.1 Å². The van der Waals surface area contributed by atoms with Crippen LogP contribution in [0.5, 0.6) is 11.5 Å². The topological polar surface area (TPSA) is 87.5 Å². The zero-order valence-corrected chi connectivity index (χ0v) is 14.2. The molecule has 0 bridgehead atoms. The van der Waals surface area contributed by atoms with Crippen molar-refractivity contribution in [1.29, 1.82) is 0 Å². The average molecular weight is 354 g/mol. The highest BCUT2D eigenvalue weighted by atomic mass is 16.7. The molecule has 4 rings (SSSR count). The number of fused-ring (bicyclic) bond motifs is 2. The second kappa shape index (κ2) is 6.91. The molecular weight excluding hydrogens is 336 g/mol. The molecule has 1 aromatic heterocycles. The van der Waals surface area contributed by atoms with Crippen LogP contribution in [0, 0.1) is 0 Å². The Morgan fingerprint density at radius 2 is 2.04 bits per heavy atom. The van der Waals surface area contributed by atoms with Gasteiger partial charge in [-0.1, -0.05) is 23.0 Å². The number of benzene rings is 2. The van der Waals surface area contributed by atoms with Gasteiger partial charge in [-0.2, -0.15) is 0 Å². The van der Waals surface area contributed by atoms with Crippen molar-refractivity contribution in [3.05, 3.63) is 48.0 Å². The highest BCUT2D eigenvalue weighted by Crippen LogP contribution is 2.32. The fraction of sp³-hybridized carbons (Fsp3) is 0.278. The van der Waals surface area contributed by atoms with Crippen molar-refractivity contribution in [2.24, 2.45) is 0 Å². The molecule has 8 nitrogen and oxygen atoms in total. The normalized spacial score (nSPS) is 14.0. The van der Waals surface area contributed by atoms with Gasteiger partial charge in [0.05, 0.1) is 6.04 Å². The Kier molecular flexibility index (Phi) is 4.30. The van der Waals surface area contributed by atoms with Crippen LogP contribution in [0.1, 0.15) is 18.5 Å². The molecule has 1 aliphatic rings. The first kappa shape index (κ1) is 16.2. The molecule has 0 spiro atoms. The molecule has 2 aromatic carbocycles. The number of nitrogens with zero attached hydrogens (tertiary/aromatic N) is 3. The van der Waals surface area contributed by atoms with E-state index in [1.165, 1.54) is 4.85 Å². The van der Waals surface area contributed by atoms with Crippen molar-refractivity contribution in [2.45, 2.75) is 13.0 Å². The van der Waals surface area contributed by atoms with Gasteiger partial charge in [-0.25, -0.2) is 0 Å². The summed E-state index contributed by atoms with van der Waals surface area (Å²) in [4.78, 5) is 18.9. The van der Waals surface area contributed by atoms with Gasteiger partial charge in [-0.3, -0.25) is 4.79 Å². The maximum Gasteiger partial charge on any atom is 0.261 e. The van der Waals surface area contributed by atoms with Gasteiger partial charge >= 0.3 is 0 Å². The van der Waals surface area contributed by atoms with Crippen LogP contribution in [0.2, 0.25) is 0 Å². The lowest BCUT2D eigenvalue weighted by Crippen LogP contribution is -2.33. The largest absolute Gasteiger partial charge is 0.486 e. The van der Waals surface area contributed by atoms with E-state index in [1.807, 2.05) is 49.4 Å². The van der Waals surface area contributed by atoms with Crippen LogP contribution in [-0.2, 0) is 4.79 Å². The Morgan fingerprint density at radius 3 is 2.92 bits per heavy atom. The van der Waals surface area contributed by atoms with Gasteiger partial charge < -0.3 is 19.6 Å². The summed E-state index contributed by atoms with van der Waals surface area (Å²) < 4.78 is 11.1. The van der Waals surface area contributed by atoms with Crippen molar-refractivity contribution >= 4 is 16.9 Å². The number of amides is 1. The highest BCUT2D eigenvalue weighted by Gasteiger charge is 2.16. The van der Waals surface area contributed by atoms with Crippen LogP contribution in [0.4, 0.5) is 0 Å². The minimum atomic E-state index is -0.257. The Hall–Kier alpha value is -3.29. The second-order valence-corrected chi connectivity index (χ2v) is 5.92. The average Bonchev–Trinajstić information content (AvgIpc) is 3.09. The summed E-state index contributed by atoms with van der Waals surface area (Å²) in [6.07, 6.45) is 0. The molecule has 1 amide bonds. The third-order valence-electron chi connectivity index (χ3n) is 4.08. The second-order valence-electron chi connectivity index (χ2n) is 5.92. The van der Waals surface area contributed by atoms with Crippen LogP contribution < -0.4 is 19.6 Å². The van der Waals surface area contributed by atoms with E-state index in [9.17, 15) is 4.79 Å². The van der Waals surface area contributed by atoms with E-state index < -0.39 is 0 Å². The minimum absolute atomic E-state index is 0.164. The van der Waals surface area contributed by atoms with E-state index in [1.54, 1.807) is 0 Å². The van der Waals surface area contributed by atoms with E-state index in [4.69, 9.17) is 14.3 Å². The van der Waals surface area contributed by atoms with E-state index in [0.717, 1.165) is 11.3 Å². The fourth-order valence-corrected chi connectivity index (χ4v) is 2.76.